The number of ether oxygens (including phenoxy) is 3. The second-order valence-electron chi connectivity index (χ2n) is 28.6. The normalized spacial score (nSPS) is 12.9. The number of nitro groups is 1. The zero-order valence-electron chi connectivity index (χ0n) is 62.5. The number of halogens is 5. The number of amides is 3. The summed E-state index contributed by atoms with van der Waals surface area (Å²) in [5.74, 6) is -12.1. The Hall–Kier alpha value is -6.98. The Kier molecular flexibility index (Phi) is 36.6. The molecule has 560 valence electrons. The highest BCUT2D eigenvalue weighted by molar-refractivity contribution is 6.07. The summed E-state index contributed by atoms with van der Waals surface area (Å²) in [4.78, 5) is 59.2. The molecular weight excluding hydrogens is 1290 g/mol. The summed E-state index contributed by atoms with van der Waals surface area (Å²) in [5.41, 5.74) is 2.26. The summed E-state index contributed by atoms with van der Waals surface area (Å²) in [5, 5.41) is 14.4. The molecule has 0 radical (unpaired) electrons. The number of aromatic nitrogens is 1. The van der Waals surface area contributed by atoms with Crippen LogP contribution in [-0.2, 0) is 5.41 Å². The van der Waals surface area contributed by atoms with E-state index in [0.717, 1.165) is 86.1 Å². The lowest BCUT2D eigenvalue weighted by atomic mass is 9.66. The standard InChI is InChI=1S/C83H120F5N5O8/c1-9-12-15-18-21-24-27-30-33-36-39-42-49-99-69-56-64(57-70(100-50-43-40-37-34-31-28-25-22-19-16-13-10-2)79(69)101-51-44-41-38-35-32-29-26-23-20-17-14-11-3)81(95)92-47-45-83(46-48-92,65-52-60(4)77(61(5)53-65)90-80(94)68-58-67(59-89-68)93(97)98)66-54-62(6)78(63(7)55-66)91(8)82(96)71-72(84)74(86)76(88)75(87)73(71)85/h52-59,89H,9-51H2,1-8H3,(H,90,94). The van der Waals surface area contributed by atoms with Crippen molar-refractivity contribution in [3.8, 4) is 17.2 Å². The lowest BCUT2D eigenvalue weighted by Gasteiger charge is -2.44. The molecule has 5 aromatic rings. The molecule has 13 nitrogen and oxygen atoms in total. The molecule has 1 fully saturated rings. The molecule has 4 aromatic carbocycles. The Morgan fingerprint density at radius 1 is 0.505 bits per heavy atom. The third-order valence-corrected chi connectivity index (χ3v) is 20.5. The minimum absolute atomic E-state index is 0.00346. The van der Waals surface area contributed by atoms with Crippen molar-refractivity contribution < 1.29 is 55.5 Å². The maximum Gasteiger partial charge on any atom is 0.287 e. The molecule has 2 heterocycles. The fourth-order valence-corrected chi connectivity index (χ4v) is 14.5. The number of H-pyrrole nitrogens is 1. The maximum atomic E-state index is 15.4. The highest BCUT2D eigenvalue weighted by Gasteiger charge is 2.42. The first-order chi connectivity index (χ1) is 48.8. The van der Waals surface area contributed by atoms with Gasteiger partial charge in [0.2, 0.25) is 11.6 Å². The second-order valence-corrected chi connectivity index (χ2v) is 28.6. The first-order valence-electron chi connectivity index (χ1n) is 38.8. The Balaban J connectivity index is 1.29. The predicted molar refractivity (Wildman–Crippen MR) is 398 cm³/mol. The fraction of sp³-hybridized carbons (Fsp3) is 0.627. The molecule has 101 heavy (non-hydrogen) atoms. The molecule has 1 saturated heterocycles. The van der Waals surface area contributed by atoms with Gasteiger partial charge in [0.15, 0.2) is 34.8 Å². The zero-order valence-corrected chi connectivity index (χ0v) is 62.5. The van der Waals surface area contributed by atoms with E-state index < -0.39 is 56.8 Å². The van der Waals surface area contributed by atoms with Crippen LogP contribution in [0.1, 0.15) is 329 Å². The molecule has 0 saturated carbocycles. The fourth-order valence-electron chi connectivity index (χ4n) is 14.5. The van der Waals surface area contributed by atoms with Gasteiger partial charge in [-0.25, -0.2) is 22.0 Å². The van der Waals surface area contributed by atoms with Gasteiger partial charge in [-0.15, -0.1) is 0 Å². The smallest absolute Gasteiger partial charge is 0.287 e. The summed E-state index contributed by atoms with van der Waals surface area (Å²) < 4.78 is 93.8. The van der Waals surface area contributed by atoms with E-state index in [1.807, 2.05) is 55.1 Å². The van der Waals surface area contributed by atoms with Crippen molar-refractivity contribution in [1.82, 2.24) is 9.88 Å². The summed E-state index contributed by atoms with van der Waals surface area (Å²) >= 11 is 0. The average molecular weight is 1410 g/mol. The van der Waals surface area contributed by atoms with E-state index in [9.17, 15) is 32.9 Å². The molecule has 1 aromatic heterocycles. The van der Waals surface area contributed by atoms with Gasteiger partial charge in [-0.2, -0.15) is 0 Å². The largest absolute Gasteiger partial charge is 0.490 e. The number of aryl methyl sites for hydroxylation is 4. The molecule has 1 aliphatic rings. The monoisotopic (exact) mass is 1410 g/mol. The van der Waals surface area contributed by atoms with E-state index in [-0.39, 0.29) is 36.1 Å². The van der Waals surface area contributed by atoms with Crippen LogP contribution in [0.5, 0.6) is 17.2 Å². The van der Waals surface area contributed by atoms with E-state index >= 15 is 13.6 Å². The number of carbonyl (C=O) groups is 3. The van der Waals surface area contributed by atoms with Gasteiger partial charge in [-0.05, 0) is 105 Å². The van der Waals surface area contributed by atoms with Crippen LogP contribution >= 0.6 is 0 Å². The number of rotatable bonds is 50. The lowest BCUT2D eigenvalue weighted by molar-refractivity contribution is -0.384. The summed E-state index contributed by atoms with van der Waals surface area (Å²) in [6.45, 7) is 15.7. The number of piperidine rings is 1. The third kappa shape index (κ3) is 25.2. The molecule has 0 spiro atoms. The minimum Gasteiger partial charge on any atom is -0.490 e. The molecule has 0 unspecified atom stereocenters. The van der Waals surface area contributed by atoms with Gasteiger partial charge >= 0.3 is 0 Å². The zero-order chi connectivity index (χ0) is 73.1. The predicted octanol–water partition coefficient (Wildman–Crippen LogP) is 23.8. The number of nitrogens with one attached hydrogen (secondary N) is 2. The molecule has 6 rings (SSSR count). The maximum absolute atomic E-state index is 15.4. The van der Waals surface area contributed by atoms with E-state index in [0.29, 0.717) is 83.4 Å². The van der Waals surface area contributed by atoms with Crippen molar-refractivity contribution in [2.75, 3.05) is 50.2 Å². The molecule has 2 N–H and O–H groups in total. The molecule has 3 amide bonds. The Morgan fingerprint density at radius 3 is 1.22 bits per heavy atom. The molecule has 0 aliphatic carbocycles. The summed E-state index contributed by atoms with van der Waals surface area (Å²) in [6, 6.07) is 12.4. The quantitative estimate of drug-likeness (QED) is 0.00973. The van der Waals surface area contributed by atoms with E-state index in [4.69, 9.17) is 14.2 Å². The first-order valence-corrected chi connectivity index (χ1v) is 38.8. The van der Waals surface area contributed by atoms with Gasteiger partial charge in [-0.1, -0.05) is 257 Å². The SMILES string of the molecule is CCCCCCCCCCCCCCOc1cc(C(=O)N2CCC(c3cc(C)c(NC(=O)c4cc([N+](=O)[O-])c[nH]4)c(C)c3)(c3cc(C)c(N(C)C(=O)c4c(F)c(F)c(F)c(F)c4F)c(C)c3)CC2)cc(OCCCCCCCCCCCCCC)c1OCCCCCCCCCCCCCC. The molecule has 1 aliphatic heterocycles. The minimum atomic E-state index is -2.37. The number of anilines is 2. The van der Waals surface area contributed by atoms with Crippen molar-refractivity contribution >= 4 is 34.8 Å². The second kappa shape index (κ2) is 44.5. The van der Waals surface area contributed by atoms with Crippen LogP contribution in [0.4, 0.5) is 39.0 Å². The van der Waals surface area contributed by atoms with E-state index in [1.165, 1.54) is 180 Å². The van der Waals surface area contributed by atoms with Crippen molar-refractivity contribution in [2.45, 2.75) is 298 Å². The number of aromatic amines is 1. The van der Waals surface area contributed by atoms with E-state index in [2.05, 4.69) is 31.1 Å². The van der Waals surface area contributed by atoms with Crippen molar-refractivity contribution in [3.05, 3.63) is 138 Å². The number of benzene rings is 4. The average Bonchev–Trinajstić information content (AvgIpc) is 1.10. The molecule has 0 atom stereocenters. The van der Waals surface area contributed by atoms with Crippen LogP contribution in [0, 0.1) is 66.9 Å². The van der Waals surface area contributed by atoms with Gasteiger partial charge < -0.3 is 34.3 Å². The van der Waals surface area contributed by atoms with Gasteiger partial charge in [-0.3, -0.25) is 24.5 Å². The van der Waals surface area contributed by atoms with Crippen LogP contribution in [0.2, 0.25) is 0 Å². The number of hydrogen-bond acceptors (Lipinski definition) is 8. The van der Waals surface area contributed by atoms with Gasteiger partial charge in [0.25, 0.3) is 23.4 Å². The highest BCUT2D eigenvalue weighted by Crippen LogP contribution is 2.47. The van der Waals surface area contributed by atoms with E-state index in [1.54, 1.807) is 13.8 Å². The van der Waals surface area contributed by atoms with Crippen molar-refractivity contribution in [3.63, 3.8) is 0 Å². The molecular formula is C83H120F5N5O8. The summed E-state index contributed by atoms with van der Waals surface area (Å²) in [7, 11) is 1.21. The topological polar surface area (TPSA) is 156 Å². The summed E-state index contributed by atoms with van der Waals surface area (Å²) in [6.07, 6.45) is 45.5. The van der Waals surface area contributed by atoms with Crippen LogP contribution in [-0.4, -0.2) is 72.5 Å². The number of hydrogen-bond donors (Lipinski definition) is 2. The van der Waals surface area contributed by atoms with Crippen LogP contribution in [0.15, 0.2) is 48.7 Å². The molecule has 18 heteroatoms. The van der Waals surface area contributed by atoms with Gasteiger partial charge in [0, 0.05) is 48.6 Å². The Morgan fingerprint density at radius 2 is 0.851 bits per heavy atom. The first kappa shape index (κ1) is 83.0. The highest BCUT2D eigenvalue weighted by atomic mass is 19.2. The van der Waals surface area contributed by atoms with Crippen LogP contribution < -0.4 is 24.4 Å². The Labute approximate surface area is 600 Å². The number of carbonyl (C=O) groups excluding carboxylic acids is 3. The van der Waals surface area contributed by atoms with Gasteiger partial charge in [0.1, 0.15) is 11.3 Å². The van der Waals surface area contributed by atoms with Crippen LogP contribution in [0.3, 0.4) is 0 Å². The lowest BCUT2D eigenvalue weighted by Crippen LogP contribution is -2.46. The Bertz CT molecular complexity index is 3250. The number of unbranched alkanes of at least 4 members (excludes halogenated alkanes) is 33. The van der Waals surface area contributed by atoms with Crippen molar-refractivity contribution in [1.29, 1.82) is 0 Å². The molecule has 0 bridgehead atoms. The van der Waals surface area contributed by atoms with Crippen molar-refractivity contribution in [2.24, 2.45) is 0 Å². The van der Waals surface area contributed by atoms with Gasteiger partial charge in [0.05, 0.1) is 30.9 Å². The van der Waals surface area contributed by atoms with Crippen LogP contribution in [0.25, 0.3) is 0 Å². The number of likely N-dealkylation sites (tertiary alicyclic amines) is 1. The number of nitrogens with zero attached hydrogens (tertiary/aromatic N) is 3. The third-order valence-electron chi connectivity index (χ3n) is 20.5.